The number of fused-ring (bicyclic) bond motifs is 1. The molecule has 4 N–H and O–H groups in total. The zero-order valence-corrected chi connectivity index (χ0v) is 26.2. The summed E-state index contributed by atoms with van der Waals surface area (Å²) in [7, 11) is 0. The lowest BCUT2D eigenvalue weighted by molar-refractivity contribution is -0.139. The minimum Gasteiger partial charge on any atom is -0.490 e. The van der Waals surface area contributed by atoms with Crippen molar-refractivity contribution in [2.45, 2.75) is 71.3 Å². The topological polar surface area (TPSA) is 109 Å². The number of nitrogens with zero attached hydrogens (tertiary/aromatic N) is 2. The fourth-order valence-corrected chi connectivity index (χ4v) is 6.36. The first kappa shape index (κ1) is 32.4. The van der Waals surface area contributed by atoms with E-state index >= 15 is 0 Å². The van der Waals surface area contributed by atoms with Gasteiger partial charge in [-0.3, -0.25) is 4.79 Å². The van der Waals surface area contributed by atoms with Gasteiger partial charge in [0.25, 0.3) is 0 Å². The van der Waals surface area contributed by atoms with Crippen LogP contribution in [0.15, 0.2) is 35.4 Å². The van der Waals surface area contributed by atoms with Gasteiger partial charge in [-0.25, -0.2) is 5.01 Å². The molecule has 230 valence electrons. The molecule has 10 heteroatoms. The number of aliphatic hydroxyl groups excluding tert-OH is 1. The van der Waals surface area contributed by atoms with Crippen LogP contribution >= 0.6 is 23.2 Å². The van der Waals surface area contributed by atoms with Crippen molar-refractivity contribution in [3.8, 4) is 11.5 Å². The molecule has 0 saturated heterocycles. The molecule has 2 aliphatic rings. The molecule has 0 aromatic heterocycles. The molecule has 1 unspecified atom stereocenters. The number of amides is 1. The fraction of sp³-hybridized carbons (Fsp3) is 0.562. The van der Waals surface area contributed by atoms with Crippen molar-refractivity contribution in [2.24, 2.45) is 16.9 Å². The number of hydrogen-bond acceptors (Lipinski definition) is 7. The summed E-state index contributed by atoms with van der Waals surface area (Å²) in [4.78, 5) is 13.4. The predicted octanol–water partition coefficient (Wildman–Crippen LogP) is 6.61. The first-order valence-corrected chi connectivity index (χ1v) is 16.0. The molecule has 1 aliphatic heterocycles. The smallest absolute Gasteiger partial charge is 0.246 e. The maximum absolute atomic E-state index is 13.4. The molecule has 1 aliphatic carbocycles. The number of unbranched alkanes of at least 4 members (excludes halogenated alkanes) is 3. The van der Waals surface area contributed by atoms with Gasteiger partial charge in [0.15, 0.2) is 11.5 Å². The zero-order chi connectivity index (χ0) is 30.1. The van der Waals surface area contributed by atoms with Crippen LogP contribution in [0.4, 0.5) is 5.69 Å². The molecule has 0 spiro atoms. The van der Waals surface area contributed by atoms with Gasteiger partial charge < -0.3 is 25.6 Å². The van der Waals surface area contributed by atoms with Crippen LogP contribution in [-0.4, -0.2) is 54.6 Å². The van der Waals surface area contributed by atoms with Gasteiger partial charge in [-0.05, 0) is 82.0 Å². The maximum atomic E-state index is 13.4. The molecule has 42 heavy (non-hydrogen) atoms. The minimum atomic E-state index is -0.721. The van der Waals surface area contributed by atoms with Gasteiger partial charge in [0, 0.05) is 30.5 Å². The zero-order valence-electron chi connectivity index (χ0n) is 24.7. The molecule has 0 radical (unpaired) electrons. The summed E-state index contributed by atoms with van der Waals surface area (Å²) in [5.74, 6) is 1.76. The molecular weight excluding hydrogens is 575 g/mol. The molecule has 2 aromatic carbocycles. The van der Waals surface area contributed by atoms with Crippen LogP contribution in [0.5, 0.6) is 11.5 Å². The van der Waals surface area contributed by atoms with E-state index in [1.807, 2.05) is 32.0 Å². The molecule has 1 saturated carbocycles. The Morgan fingerprint density at radius 3 is 2.38 bits per heavy atom. The standard InChI is InChI=1S/C32H44Cl2N4O4/c1-3-41-28-14-13-21(19-29(28)42-4-2)31-23-11-7-8-12-24(23)32(40)38(37-31)16-10-6-5-9-15-36-20-27(39)22-17-25(33)30(35)26(34)18-22/h13-14,17-19,23-24,27,36,39H,3-12,15-16,20,35H2,1-2H3/t23-,24+,27?/m0/s1. The van der Waals surface area contributed by atoms with Crippen LogP contribution in [0, 0.1) is 11.8 Å². The van der Waals surface area contributed by atoms with Gasteiger partial charge in [0.1, 0.15) is 0 Å². The normalized spacial score (nSPS) is 19.3. The average molecular weight is 620 g/mol. The van der Waals surface area contributed by atoms with E-state index in [9.17, 15) is 9.90 Å². The maximum Gasteiger partial charge on any atom is 0.246 e. The van der Waals surface area contributed by atoms with Crippen LogP contribution in [0.1, 0.15) is 82.4 Å². The van der Waals surface area contributed by atoms with Crippen molar-refractivity contribution in [1.82, 2.24) is 10.3 Å². The Morgan fingerprint density at radius 1 is 1.00 bits per heavy atom. The number of nitrogens with one attached hydrogen (secondary N) is 1. The summed E-state index contributed by atoms with van der Waals surface area (Å²) in [6.45, 7) is 6.84. The molecule has 1 fully saturated rings. The Balaban J connectivity index is 1.29. The van der Waals surface area contributed by atoms with E-state index in [1.54, 1.807) is 17.1 Å². The number of hydrazone groups is 1. The molecular formula is C32H44Cl2N4O4. The van der Waals surface area contributed by atoms with Crippen LogP contribution in [0.3, 0.4) is 0 Å². The third-order valence-electron chi connectivity index (χ3n) is 8.05. The van der Waals surface area contributed by atoms with Gasteiger partial charge in [-0.1, -0.05) is 48.9 Å². The van der Waals surface area contributed by atoms with Crippen LogP contribution in [0.2, 0.25) is 10.0 Å². The van der Waals surface area contributed by atoms with E-state index in [0.717, 1.165) is 80.7 Å². The van der Waals surface area contributed by atoms with E-state index < -0.39 is 6.10 Å². The van der Waals surface area contributed by atoms with Crippen molar-refractivity contribution >= 4 is 40.5 Å². The van der Waals surface area contributed by atoms with Crippen molar-refractivity contribution in [3.05, 3.63) is 51.5 Å². The van der Waals surface area contributed by atoms with Crippen molar-refractivity contribution in [3.63, 3.8) is 0 Å². The van der Waals surface area contributed by atoms with Crippen LogP contribution < -0.4 is 20.5 Å². The monoisotopic (exact) mass is 618 g/mol. The van der Waals surface area contributed by atoms with Gasteiger partial charge >= 0.3 is 0 Å². The van der Waals surface area contributed by atoms with Crippen molar-refractivity contribution in [1.29, 1.82) is 0 Å². The van der Waals surface area contributed by atoms with Crippen molar-refractivity contribution in [2.75, 3.05) is 38.6 Å². The third-order valence-corrected chi connectivity index (χ3v) is 8.68. The summed E-state index contributed by atoms with van der Waals surface area (Å²) < 4.78 is 11.6. The van der Waals surface area contributed by atoms with E-state index in [-0.39, 0.29) is 17.7 Å². The molecule has 1 amide bonds. The number of nitrogens with two attached hydrogens (primary N) is 1. The summed E-state index contributed by atoms with van der Waals surface area (Å²) in [6, 6.07) is 9.32. The molecule has 4 rings (SSSR count). The van der Waals surface area contributed by atoms with E-state index in [1.165, 1.54) is 0 Å². The lowest BCUT2D eigenvalue weighted by atomic mass is 9.73. The molecule has 3 atom stereocenters. The van der Waals surface area contributed by atoms with Gasteiger partial charge in [0.2, 0.25) is 5.91 Å². The minimum absolute atomic E-state index is 0.00481. The Labute approximate surface area is 259 Å². The van der Waals surface area contributed by atoms with Crippen LogP contribution in [0.25, 0.3) is 0 Å². The highest BCUT2D eigenvalue weighted by atomic mass is 35.5. The number of carbonyl (C=O) groups excluding carboxylic acids is 1. The summed E-state index contributed by atoms with van der Waals surface area (Å²) >= 11 is 12.2. The third kappa shape index (κ3) is 8.10. The summed E-state index contributed by atoms with van der Waals surface area (Å²) in [6.07, 6.45) is 7.25. The number of ether oxygens (including phenoxy) is 2. The van der Waals surface area contributed by atoms with E-state index in [0.29, 0.717) is 47.6 Å². The Morgan fingerprint density at radius 2 is 1.67 bits per heavy atom. The summed E-state index contributed by atoms with van der Waals surface area (Å²) in [5, 5.41) is 21.1. The Bertz CT molecular complexity index is 1220. The molecule has 2 aromatic rings. The largest absolute Gasteiger partial charge is 0.490 e. The average Bonchev–Trinajstić information content (AvgIpc) is 2.99. The predicted molar refractivity (Wildman–Crippen MR) is 170 cm³/mol. The highest BCUT2D eigenvalue weighted by Crippen LogP contribution is 2.39. The lowest BCUT2D eigenvalue weighted by Gasteiger charge is -2.38. The molecule has 1 heterocycles. The van der Waals surface area contributed by atoms with Crippen molar-refractivity contribution < 1.29 is 19.4 Å². The number of halogens is 2. The molecule has 0 bridgehead atoms. The van der Waals surface area contributed by atoms with Gasteiger partial charge in [-0.2, -0.15) is 5.10 Å². The number of hydrogen-bond donors (Lipinski definition) is 3. The Hall–Kier alpha value is -2.52. The number of aliphatic hydroxyl groups is 1. The second-order valence-electron chi connectivity index (χ2n) is 11.0. The highest BCUT2D eigenvalue weighted by molar-refractivity contribution is 6.38. The number of anilines is 1. The number of benzene rings is 2. The summed E-state index contributed by atoms with van der Waals surface area (Å²) in [5.41, 5.74) is 8.74. The van der Waals surface area contributed by atoms with Gasteiger partial charge in [-0.15, -0.1) is 0 Å². The highest BCUT2D eigenvalue weighted by Gasteiger charge is 2.41. The van der Waals surface area contributed by atoms with Gasteiger partial charge in [0.05, 0.1) is 40.8 Å². The lowest BCUT2D eigenvalue weighted by Crippen LogP contribution is -2.46. The van der Waals surface area contributed by atoms with E-state index in [2.05, 4.69) is 5.32 Å². The SMILES string of the molecule is CCOc1ccc(C2=NN(CCCCCCNCC(O)c3cc(Cl)c(N)c(Cl)c3)C(=O)[C@@H]3CCCC[C@H]23)cc1OCC. The fourth-order valence-electron chi connectivity index (χ4n) is 5.86. The number of nitrogen functional groups attached to an aromatic ring is 1. The quantitative estimate of drug-likeness (QED) is 0.153. The first-order valence-electron chi connectivity index (χ1n) is 15.3. The first-order chi connectivity index (χ1) is 20.3. The number of carbonyl (C=O) groups is 1. The number of rotatable bonds is 15. The molecule has 8 nitrogen and oxygen atoms in total. The second kappa shape index (κ2) is 15.8. The second-order valence-corrected chi connectivity index (χ2v) is 11.8. The van der Waals surface area contributed by atoms with E-state index in [4.69, 9.17) is 43.5 Å². The Kier molecular flexibility index (Phi) is 12.2. The van der Waals surface area contributed by atoms with Crippen LogP contribution in [-0.2, 0) is 4.79 Å².